The van der Waals surface area contributed by atoms with E-state index in [1.54, 1.807) is 30.3 Å². The lowest BCUT2D eigenvalue weighted by Gasteiger charge is -2.09. The summed E-state index contributed by atoms with van der Waals surface area (Å²) in [5, 5.41) is 2.71. The number of hydrogen-bond donors (Lipinski definition) is 1. The van der Waals surface area contributed by atoms with Crippen molar-refractivity contribution in [2.75, 3.05) is 11.9 Å². The highest BCUT2D eigenvalue weighted by Gasteiger charge is 2.06. The monoisotopic (exact) mass is 347 g/mol. The van der Waals surface area contributed by atoms with Gasteiger partial charge in [-0.1, -0.05) is 12.1 Å². The van der Waals surface area contributed by atoms with Crippen LogP contribution in [0.4, 0.5) is 5.69 Å². The van der Waals surface area contributed by atoms with E-state index in [-0.39, 0.29) is 18.3 Å². The zero-order chi connectivity index (χ0) is 15.2. The molecule has 0 aromatic heterocycles. The van der Waals surface area contributed by atoms with Crippen molar-refractivity contribution in [2.24, 2.45) is 0 Å². The number of ketones is 1. The molecule has 0 bridgehead atoms. The van der Waals surface area contributed by atoms with Crippen molar-refractivity contribution in [3.8, 4) is 5.75 Å². The molecule has 0 unspecified atom stereocenters. The Morgan fingerprint density at radius 3 is 2.38 bits per heavy atom. The summed E-state index contributed by atoms with van der Waals surface area (Å²) in [7, 11) is 0. The lowest BCUT2D eigenvalue weighted by atomic mass is 10.1. The quantitative estimate of drug-likeness (QED) is 0.839. The van der Waals surface area contributed by atoms with Crippen LogP contribution in [0.1, 0.15) is 17.3 Å². The van der Waals surface area contributed by atoms with Crippen LogP contribution in [0.5, 0.6) is 5.75 Å². The Kier molecular flexibility index (Phi) is 5.11. The molecule has 0 aliphatic heterocycles. The molecule has 0 saturated heterocycles. The molecule has 108 valence electrons. The Balaban J connectivity index is 1.90. The highest BCUT2D eigenvalue weighted by molar-refractivity contribution is 9.10. The SMILES string of the molecule is CC(=O)c1ccc(NC(=O)COc2ccccc2Br)cc1. The number of anilines is 1. The fraction of sp³-hybridized carbons (Fsp3) is 0.125. The van der Waals surface area contributed by atoms with Crippen molar-refractivity contribution in [3.63, 3.8) is 0 Å². The maximum atomic E-state index is 11.8. The highest BCUT2D eigenvalue weighted by atomic mass is 79.9. The van der Waals surface area contributed by atoms with E-state index in [4.69, 9.17) is 4.74 Å². The summed E-state index contributed by atoms with van der Waals surface area (Å²) in [5.41, 5.74) is 1.23. The van der Waals surface area contributed by atoms with Gasteiger partial charge in [-0.3, -0.25) is 9.59 Å². The van der Waals surface area contributed by atoms with Crippen LogP contribution in [0, 0.1) is 0 Å². The van der Waals surface area contributed by atoms with Gasteiger partial charge in [0.2, 0.25) is 0 Å². The number of carbonyl (C=O) groups excluding carboxylic acids is 2. The second-order valence-corrected chi connectivity index (χ2v) is 5.26. The normalized spacial score (nSPS) is 10.0. The number of halogens is 1. The van der Waals surface area contributed by atoms with Gasteiger partial charge in [0.1, 0.15) is 5.75 Å². The minimum Gasteiger partial charge on any atom is -0.483 e. The zero-order valence-electron chi connectivity index (χ0n) is 11.4. The van der Waals surface area contributed by atoms with Crippen molar-refractivity contribution < 1.29 is 14.3 Å². The molecular formula is C16H14BrNO3. The van der Waals surface area contributed by atoms with E-state index in [1.807, 2.05) is 18.2 Å². The van der Waals surface area contributed by atoms with Crippen molar-refractivity contribution in [2.45, 2.75) is 6.92 Å². The van der Waals surface area contributed by atoms with E-state index in [9.17, 15) is 9.59 Å². The van der Waals surface area contributed by atoms with Gasteiger partial charge < -0.3 is 10.1 Å². The molecule has 2 aromatic carbocycles. The number of para-hydroxylation sites is 1. The van der Waals surface area contributed by atoms with Crippen LogP contribution in [0.25, 0.3) is 0 Å². The van der Waals surface area contributed by atoms with Crippen LogP contribution in [0.15, 0.2) is 53.0 Å². The third kappa shape index (κ3) is 4.43. The first-order valence-corrected chi connectivity index (χ1v) is 7.14. The molecule has 0 aliphatic carbocycles. The lowest BCUT2D eigenvalue weighted by Crippen LogP contribution is -2.20. The molecule has 0 heterocycles. The molecular weight excluding hydrogens is 334 g/mol. The van der Waals surface area contributed by atoms with Gasteiger partial charge in [0.05, 0.1) is 4.47 Å². The summed E-state index contributed by atoms with van der Waals surface area (Å²) in [6.45, 7) is 1.41. The molecule has 21 heavy (non-hydrogen) atoms. The van der Waals surface area contributed by atoms with E-state index >= 15 is 0 Å². The molecule has 2 aromatic rings. The average molecular weight is 348 g/mol. The third-order valence-electron chi connectivity index (χ3n) is 2.77. The molecule has 0 aliphatic rings. The Morgan fingerprint density at radius 2 is 1.76 bits per heavy atom. The summed E-state index contributed by atoms with van der Waals surface area (Å²) in [5.74, 6) is 0.339. The minimum absolute atomic E-state index is 0.00913. The topological polar surface area (TPSA) is 55.4 Å². The maximum Gasteiger partial charge on any atom is 0.262 e. The van der Waals surface area contributed by atoms with Gasteiger partial charge in [-0.2, -0.15) is 0 Å². The fourth-order valence-electron chi connectivity index (χ4n) is 1.69. The van der Waals surface area contributed by atoms with Crippen molar-refractivity contribution in [1.29, 1.82) is 0 Å². The number of benzene rings is 2. The van der Waals surface area contributed by atoms with Crippen LogP contribution in [0.2, 0.25) is 0 Å². The predicted octanol–water partition coefficient (Wildman–Crippen LogP) is 3.67. The first kappa shape index (κ1) is 15.3. The predicted molar refractivity (Wildman–Crippen MR) is 84.7 cm³/mol. The molecule has 0 saturated carbocycles. The number of Topliss-reactive ketones (excluding diaryl/α,β-unsaturated/α-hetero) is 1. The summed E-state index contributed by atoms with van der Waals surface area (Å²) >= 11 is 3.35. The van der Waals surface area contributed by atoms with Gasteiger partial charge in [0.25, 0.3) is 5.91 Å². The van der Waals surface area contributed by atoms with Crippen LogP contribution < -0.4 is 10.1 Å². The summed E-state index contributed by atoms with van der Waals surface area (Å²) in [6.07, 6.45) is 0. The summed E-state index contributed by atoms with van der Waals surface area (Å²) in [4.78, 5) is 23.0. The first-order chi connectivity index (χ1) is 10.1. The summed E-state index contributed by atoms with van der Waals surface area (Å²) in [6, 6.07) is 14.0. The van der Waals surface area contributed by atoms with Crippen LogP contribution in [-0.4, -0.2) is 18.3 Å². The molecule has 1 amide bonds. The smallest absolute Gasteiger partial charge is 0.262 e. The second kappa shape index (κ2) is 7.04. The highest BCUT2D eigenvalue weighted by Crippen LogP contribution is 2.23. The van der Waals surface area contributed by atoms with Crippen molar-refractivity contribution >= 4 is 33.3 Å². The molecule has 0 spiro atoms. The minimum atomic E-state index is -0.263. The summed E-state index contributed by atoms with van der Waals surface area (Å²) < 4.78 is 6.21. The van der Waals surface area contributed by atoms with Crippen molar-refractivity contribution in [3.05, 3.63) is 58.6 Å². The van der Waals surface area contributed by atoms with Crippen LogP contribution in [0.3, 0.4) is 0 Å². The zero-order valence-corrected chi connectivity index (χ0v) is 13.0. The number of carbonyl (C=O) groups is 2. The number of hydrogen-bond acceptors (Lipinski definition) is 3. The van der Waals surface area contributed by atoms with Gasteiger partial charge >= 0.3 is 0 Å². The van der Waals surface area contributed by atoms with Gasteiger partial charge in [-0.25, -0.2) is 0 Å². The van der Waals surface area contributed by atoms with Crippen LogP contribution in [-0.2, 0) is 4.79 Å². The fourth-order valence-corrected chi connectivity index (χ4v) is 2.09. The van der Waals surface area contributed by atoms with E-state index in [0.717, 1.165) is 4.47 Å². The molecule has 5 heteroatoms. The number of nitrogens with one attached hydrogen (secondary N) is 1. The standard InChI is InChI=1S/C16H14BrNO3/c1-11(19)12-6-8-13(9-7-12)18-16(20)10-21-15-5-3-2-4-14(15)17/h2-9H,10H2,1H3,(H,18,20). The number of amides is 1. The van der Waals surface area contributed by atoms with E-state index in [2.05, 4.69) is 21.2 Å². The molecule has 0 fully saturated rings. The lowest BCUT2D eigenvalue weighted by molar-refractivity contribution is -0.118. The molecule has 1 N–H and O–H groups in total. The van der Waals surface area contributed by atoms with Gasteiger partial charge in [0.15, 0.2) is 12.4 Å². The maximum absolute atomic E-state index is 11.8. The number of ether oxygens (including phenoxy) is 1. The second-order valence-electron chi connectivity index (χ2n) is 4.40. The van der Waals surface area contributed by atoms with E-state index < -0.39 is 0 Å². The molecule has 0 atom stereocenters. The Hall–Kier alpha value is -2.14. The van der Waals surface area contributed by atoms with Gasteiger partial charge in [0, 0.05) is 11.3 Å². The van der Waals surface area contributed by atoms with Crippen molar-refractivity contribution in [1.82, 2.24) is 0 Å². The Labute approximate surface area is 131 Å². The number of rotatable bonds is 5. The van der Waals surface area contributed by atoms with Gasteiger partial charge in [-0.15, -0.1) is 0 Å². The van der Waals surface area contributed by atoms with Gasteiger partial charge in [-0.05, 0) is 59.3 Å². The third-order valence-corrected chi connectivity index (χ3v) is 3.43. The first-order valence-electron chi connectivity index (χ1n) is 6.34. The Morgan fingerprint density at radius 1 is 1.10 bits per heavy atom. The Bertz CT molecular complexity index is 653. The van der Waals surface area contributed by atoms with Crippen LogP contribution >= 0.6 is 15.9 Å². The average Bonchev–Trinajstić information content (AvgIpc) is 2.47. The van der Waals surface area contributed by atoms with E-state index in [0.29, 0.717) is 17.0 Å². The molecule has 2 rings (SSSR count). The molecule has 0 radical (unpaired) electrons. The largest absolute Gasteiger partial charge is 0.483 e. The van der Waals surface area contributed by atoms with E-state index in [1.165, 1.54) is 6.92 Å². The molecule has 4 nitrogen and oxygen atoms in total.